The van der Waals surface area contributed by atoms with Gasteiger partial charge in [0.25, 0.3) is 5.91 Å². The van der Waals surface area contributed by atoms with Crippen LogP contribution in [-0.2, 0) is 4.79 Å². The topological polar surface area (TPSA) is 32.7 Å². The highest BCUT2D eigenvalue weighted by Gasteiger charge is 2.28. The molecule has 24 heavy (non-hydrogen) atoms. The van der Waals surface area contributed by atoms with Gasteiger partial charge in [0, 0.05) is 11.0 Å². The Morgan fingerprint density at radius 3 is 2.12 bits per heavy atom. The molecule has 0 saturated heterocycles. The van der Waals surface area contributed by atoms with Crippen molar-refractivity contribution in [3.63, 3.8) is 0 Å². The lowest BCUT2D eigenvalue weighted by Gasteiger charge is -2.25. The summed E-state index contributed by atoms with van der Waals surface area (Å²) in [7, 11) is 0. The van der Waals surface area contributed by atoms with Crippen LogP contribution in [-0.4, -0.2) is 12.1 Å². The van der Waals surface area contributed by atoms with E-state index in [-0.39, 0.29) is 5.91 Å². The van der Waals surface area contributed by atoms with E-state index in [0.29, 0.717) is 0 Å². The summed E-state index contributed by atoms with van der Waals surface area (Å²) in [6, 6.07) is 17.5. The Balaban J connectivity index is 2.41. The summed E-state index contributed by atoms with van der Waals surface area (Å²) >= 11 is 0. The van der Waals surface area contributed by atoms with Gasteiger partial charge < -0.3 is 0 Å². The Morgan fingerprint density at radius 1 is 0.958 bits per heavy atom. The molecule has 3 nitrogen and oxygen atoms in total. The number of nitrogens with zero attached hydrogens (tertiary/aromatic N) is 2. The van der Waals surface area contributed by atoms with Gasteiger partial charge in [0.2, 0.25) is 0 Å². The lowest BCUT2D eigenvalue weighted by molar-refractivity contribution is -0.125. The monoisotopic (exact) mass is 320 g/mol. The highest BCUT2D eigenvalue weighted by Crippen LogP contribution is 2.23. The van der Waals surface area contributed by atoms with Crippen molar-refractivity contribution in [2.45, 2.75) is 27.7 Å². The lowest BCUT2D eigenvalue weighted by Crippen LogP contribution is -2.36. The minimum atomic E-state index is -0.518. The summed E-state index contributed by atoms with van der Waals surface area (Å²) in [5.74, 6) is -0.0477. The van der Waals surface area contributed by atoms with Crippen molar-refractivity contribution in [3.05, 3.63) is 71.8 Å². The van der Waals surface area contributed by atoms with Crippen molar-refractivity contribution < 1.29 is 4.79 Å². The van der Waals surface area contributed by atoms with E-state index in [2.05, 4.69) is 5.10 Å². The first kappa shape index (κ1) is 17.7. The number of rotatable bonds is 4. The Kier molecular flexibility index (Phi) is 5.69. The van der Waals surface area contributed by atoms with Gasteiger partial charge in [-0.15, -0.1) is 0 Å². The molecule has 0 aliphatic heterocycles. The zero-order valence-corrected chi connectivity index (χ0v) is 14.7. The number of hydrogen-bond acceptors (Lipinski definition) is 2. The van der Waals surface area contributed by atoms with Gasteiger partial charge in [0.1, 0.15) is 0 Å². The van der Waals surface area contributed by atoms with Crippen molar-refractivity contribution in [1.29, 1.82) is 0 Å². The second-order valence-corrected chi connectivity index (χ2v) is 6.58. The van der Waals surface area contributed by atoms with Gasteiger partial charge in [-0.1, -0.05) is 75.4 Å². The minimum Gasteiger partial charge on any atom is -0.272 e. The van der Waals surface area contributed by atoms with E-state index in [1.807, 2.05) is 94.4 Å². The molecule has 0 fully saturated rings. The van der Waals surface area contributed by atoms with Crippen LogP contribution >= 0.6 is 0 Å². The maximum Gasteiger partial charge on any atom is 0.252 e. The van der Waals surface area contributed by atoms with E-state index in [9.17, 15) is 4.79 Å². The number of carbonyl (C=O) groups excluding carboxylic acids is 1. The SMILES string of the molecule is C/C=C/c1ccccc1/C=N/N(C(=O)C(C)(C)C)c1ccccc1. The molecule has 0 atom stereocenters. The molecule has 0 spiro atoms. The van der Waals surface area contributed by atoms with Crippen molar-refractivity contribution in [2.24, 2.45) is 10.5 Å². The Hall–Kier alpha value is -2.68. The van der Waals surface area contributed by atoms with Crippen LogP contribution in [0.4, 0.5) is 5.69 Å². The lowest BCUT2D eigenvalue weighted by atomic mass is 9.95. The first-order chi connectivity index (χ1) is 11.4. The molecule has 0 aliphatic rings. The number of allylic oxidation sites excluding steroid dienone is 1. The molecule has 0 aromatic heterocycles. The molecular weight excluding hydrogens is 296 g/mol. The van der Waals surface area contributed by atoms with E-state index in [4.69, 9.17) is 0 Å². The van der Waals surface area contributed by atoms with Crippen LogP contribution < -0.4 is 5.01 Å². The van der Waals surface area contributed by atoms with E-state index >= 15 is 0 Å². The van der Waals surface area contributed by atoms with E-state index in [1.165, 1.54) is 5.01 Å². The predicted molar refractivity (Wildman–Crippen MR) is 102 cm³/mol. The summed E-state index contributed by atoms with van der Waals surface area (Å²) < 4.78 is 0. The highest BCUT2D eigenvalue weighted by molar-refractivity contribution is 5.98. The standard InChI is InChI=1S/C21H24N2O/c1-5-11-17-12-9-10-13-18(17)16-22-23(20(24)21(2,3)4)19-14-7-6-8-15-19/h5-16H,1-4H3/b11-5+,22-16+. The maximum atomic E-state index is 12.8. The molecule has 2 aromatic rings. The fourth-order valence-corrected chi connectivity index (χ4v) is 2.20. The van der Waals surface area contributed by atoms with Crippen molar-refractivity contribution in [2.75, 3.05) is 5.01 Å². The Labute approximate surface area is 144 Å². The molecule has 0 saturated carbocycles. The smallest absolute Gasteiger partial charge is 0.252 e. The average molecular weight is 320 g/mol. The molecule has 0 bridgehead atoms. The number of anilines is 1. The summed E-state index contributed by atoms with van der Waals surface area (Å²) in [5, 5.41) is 5.98. The molecule has 2 aromatic carbocycles. The summed E-state index contributed by atoms with van der Waals surface area (Å²) in [5.41, 5.74) is 2.28. The fourth-order valence-electron chi connectivity index (χ4n) is 2.20. The molecule has 0 heterocycles. The number of hydrogen-bond donors (Lipinski definition) is 0. The number of para-hydroxylation sites is 1. The molecule has 124 valence electrons. The molecule has 2 rings (SSSR count). The number of benzene rings is 2. The average Bonchev–Trinajstić information content (AvgIpc) is 2.56. The van der Waals surface area contributed by atoms with Gasteiger partial charge in [-0.2, -0.15) is 5.10 Å². The van der Waals surface area contributed by atoms with Gasteiger partial charge in [0.15, 0.2) is 0 Å². The van der Waals surface area contributed by atoms with Crippen LogP contribution in [0.2, 0.25) is 0 Å². The third-order valence-corrected chi connectivity index (χ3v) is 3.49. The van der Waals surface area contributed by atoms with Gasteiger partial charge in [-0.3, -0.25) is 4.79 Å². The third kappa shape index (κ3) is 4.42. The molecule has 1 amide bonds. The van der Waals surface area contributed by atoms with Gasteiger partial charge in [-0.25, -0.2) is 5.01 Å². The minimum absolute atomic E-state index is 0.0477. The van der Waals surface area contributed by atoms with Crippen LogP contribution in [0.15, 0.2) is 65.8 Å². The molecular formula is C21H24N2O. The van der Waals surface area contributed by atoms with E-state index in [1.54, 1.807) is 6.21 Å². The molecule has 0 aliphatic carbocycles. The predicted octanol–water partition coefficient (Wildman–Crippen LogP) is 5.13. The molecule has 0 radical (unpaired) electrons. The zero-order valence-electron chi connectivity index (χ0n) is 14.7. The highest BCUT2D eigenvalue weighted by atomic mass is 16.2. The summed E-state index contributed by atoms with van der Waals surface area (Å²) in [6.45, 7) is 7.67. The second-order valence-electron chi connectivity index (χ2n) is 6.58. The van der Waals surface area contributed by atoms with E-state index < -0.39 is 5.41 Å². The Bertz CT molecular complexity index is 740. The molecule has 3 heteroatoms. The van der Waals surface area contributed by atoms with E-state index in [0.717, 1.165) is 16.8 Å². The number of amides is 1. The van der Waals surface area contributed by atoms with Gasteiger partial charge in [0.05, 0.1) is 11.9 Å². The summed E-state index contributed by atoms with van der Waals surface area (Å²) in [6.07, 6.45) is 5.76. The van der Waals surface area contributed by atoms with Crippen LogP contribution in [0.25, 0.3) is 6.08 Å². The number of hydrazone groups is 1. The normalized spacial score (nSPS) is 12.0. The maximum absolute atomic E-state index is 12.8. The van der Waals surface area contributed by atoms with Crippen LogP contribution in [0.5, 0.6) is 0 Å². The quantitative estimate of drug-likeness (QED) is 0.567. The molecule has 0 N–H and O–H groups in total. The third-order valence-electron chi connectivity index (χ3n) is 3.49. The van der Waals surface area contributed by atoms with Crippen LogP contribution in [0.1, 0.15) is 38.8 Å². The first-order valence-electron chi connectivity index (χ1n) is 8.09. The van der Waals surface area contributed by atoms with Gasteiger partial charge in [-0.05, 0) is 24.6 Å². The van der Waals surface area contributed by atoms with Crippen molar-refractivity contribution in [3.8, 4) is 0 Å². The largest absolute Gasteiger partial charge is 0.272 e. The zero-order chi connectivity index (χ0) is 17.6. The van der Waals surface area contributed by atoms with Crippen molar-refractivity contribution >= 4 is 23.9 Å². The van der Waals surface area contributed by atoms with Crippen LogP contribution in [0, 0.1) is 5.41 Å². The number of carbonyl (C=O) groups is 1. The second kappa shape index (κ2) is 7.73. The Morgan fingerprint density at radius 2 is 1.54 bits per heavy atom. The first-order valence-corrected chi connectivity index (χ1v) is 8.09. The van der Waals surface area contributed by atoms with Gasteiger partial charge >= 0.3 is 0 Å². The van der Waals surface area contributed by atoms with Crippen LogP contribution in [0.3, 0.4) is 0 Å². The fraction of sp³-hybridized carbons (Fsp3) is 0.238. The summed E-state index contributed by atoms with van der Waals surface area (Å²) in [4.78, 5) is 12.8. The van der Waals surface area contributed by atoms with Crippen molar-refractivity contribution in [1.82, 2.24) is 0 Å². The molecule has 0 unspecified atom stereocenters.